The Morgan fingerprint density at radius 2 is 1.85 bits per heavy atom. The highest BCUT2D eigenvalue weighted by Crippen LogP contribution is 2.16. The molecule has 0 amide bonds. The van der Waals surface area contributed by atoms with Gasteiger partial charge in [0, 0.05) is 6.92 Å². The fourth-order valence-corrected chi connectivity index (χ4v) is 3.40. The third kappa shape index (κ3) is 8.03. The first kappa shape index (κ1) is 12.7. The van der Waals surface area contributed by atoms with E-state index in [2.05, 4.69) is 20.0 Å². The summed E-state index contributed by atoms with van der Waals surface area (Å²) in [5.74, 6) is -0.118. The molecule has 0 N–H and O–H groups in total. The standard InChI is InChI=1S/C10H22O2Si/c1-5-6-7-8-9-13(3,4)12-10(2)11/h5-9H2,1-4H3. The highest BCUT2D eigenvalue weighted by atomic mass is 28.4. The second-order valence-corrected chi connectivity index (χ2v) is 8.39. The lowest BCUT2D eigenvalue weighted by Gasteiger charge is -2.21. The van der Waals surface area contributed by atoms with Crippen LogP contribution in [0.15, 0.2) is 0 Å². The number of hydrogen-bond acceptors (Lipinski definition) is 2. The highest BCUT2D eigenvalue weighted by Gasteiger charge is 2.24. The summed E-state index contributed by atoms with van der Waals surface area (Å²) in [5.41, 5.74) is 0. The molecule has 0 unspecified atom stereocenters. The van der Waals surface area contributed by atoms with Crippen molar-refractivity contribution < 1.29 is 9.22 Å². The topological polar surface area (TPSA) is 26.3 Å². The summed E-state index contributed by atoms with van der Waals surface area (Å²) < 4.78 is 5.32. The van der Waals surface area contributed by atoms with Crippen molar-refractivity contribution in [3.63, 3.8) is 0 Å². The SMILES string of the molecule is CCCCCC[Si](C)(C)OC(C)=O. The summed E-state index contributed by atoms with van der Waals surface area (Å²) in [4.78, 5) is 10.8. The third-order valence-electron chi connectivity index (χ3n) is 2.05. The van der Waals surface area contributed by atoms with Gasteiger partial charge >= 0.3 is 0 Å². The van der Waals surface area contributed by atoms with Crippen molar-refractivity contribution in [2.75, 3.05) is 0 Å². The van der Waals surface area contributed by atoms with E-state index in [4.69, 9.17) is 4.43 Å². The maximum atomic E-state index is 10.8. The summed E-state index contributed by atoms with van der Waals surface area (Å²) >= 11 is 0. The van der Waals surface area contributed by atoms with Gasteiger partial charge in [0.2, 0.25) is 8.32 Å². The lowest BCUT2D eigenvalue weighted by atomic mass is 10.2. The lowest BCUT2D eigenvalue weighted by molar-refractivity contribution is -0.132. The average Bonchev–Trinajstić information content (AvgIpc) is 1.95. The minimum absolute atomic E-state index is 0.118. The van der Waals surface area contributed by atoms with Gasteiger partial charge in [0.15, 0.2) is 0 Å². The van der Waals surface area contributed by atoms with Crippen molar-refractivity contribution in [1.82, 2.24) is 0 Å². The summed E-state index contributed by atoms with van der Waals surface area (Å²) in [6, 6.07) is 1.10. The van der Waals surface area contributed by atoms with Crippen molar-refractivity contribution in [3.8, 4) is 0 Å². The Hall–Kier alpha value is -0.313. The second-order valence-electron chi connectivity index (χ2n) is 4.16. The molecule has 0 rings (SSSR count). The van der Waals surface area contributed by atoms with Gasteiger partial charge < -0.3 is 4.43 Å². The smallest absolute Gasteiger partial charge is 0.289 e. The number of carbonyl (C=O) groups is 1. The maximum Gasteiger partial charge on any atom is 0.289 e. The number of hydrogen-bond donors (Lipinski definition) is 0. The van der Waals surface area contributed by atoms with Crippen LogP contribution in [0.25, 0.3) is 0 Å². The third-order valence-corrected chi connectivity index (χ3v) is 4.45. The largest absolute Gasteiger partial charge is 0.520 e. The molecule has 0 aromatic rings. The van der Waals surface area contributed by atoms with Crippen molar-refractivity contribution in [2.45, 2.75) is 58.7 Å². The molecule has 3 heteroatoms. The van der Waals surface area contributed by atoms with Gasteiger partial charge in [-0.15, -0.1) is 0 Å². The molecule has 2 nitrogen and oxygen atoms in total. The highest BCUT2D eigenvalue weighted by molar-refractivity contribution is 6.72. The molecular formula is C10H22O2Si. The predicted octanol–water partition coefficient (Wildman–Crippen LogP) is 3.33. The van der Waals surface area contributed by atoms with Crippen LogP contribution >= 0.6 is 0 Å². The molecule has 0 aromatic carbocycles. The van der Waals surface area contributed by atoms with Crippen molar-refractivity contribution in [2.24, 2.45) is 0 Å². The molecule has 0 radical (unpaired) electrons. The molecule has 0 heterocycles. The Morgan fingerprint density at radius 1 is 1.23 bits per heavy atom. The minimum Gasteiger partial charge on any atom is -0.520 e. The summed E-state index contributed by atoms with van der Waals surface area (Å²) in [6.07, 6.45) is 5.04. The molecule has 0 bridgehead atoms. The molecule has 0 aromatic heterocycles. The van der Waals surface area contributed by atoms with Crippen molar-refractivity contribution >= 4 is 14.3 Å². The maximum absolute atomic E-state index is 10.8. The zero-order chi connectivity index (χ0) is 10.3. The monoisotopic (exact) mass is 202 g/mol. The molecule has 0 aliphatic heterocycles. The molecule has 0 fully saturated rings. The van der Waals surface area contributed by atoms with E-state index >= 15 is 0 Å². The van der Waals surface area contributed by atoms with Crippen molar-refractivity contribution in [1.29, 1.82) is 0 Å². The molecule has 0 spiro atoms. The van der Waals surface area contributed by atoms with Crippen LogP contribution < -0.4 is 0 Å². The van der Waals surface area contributed by atoms with E-state index in [0.717, 1.165) is 6.04 Å². The van der Waals surface area contributed by atoms with Crippen LogP contribution in [0.3, 0.4) is 0 Å². The second kappa shape index (κ2) is 6.19. The van der Waals surface area contributed by atoms with E-state index in [9.17, 15) is 4.79 Å². The van der Waals surface area contributed by atoms with E-state index < -0.39 is 8.32 Å². The zero-order valence-corrected chi connectivity index (χ0v) is 10.4. The number of carbonyl (C=O) groups excluding carboxylic acids is 1. The van der Waals surface area contributed by atoms with E-state index in [1.807, 2.05) is 0 Å². The van der Waals surface area contributed by atoms with E-state index in [-0.39, 0.29) is 5.97 Å². The first-order valence-electron chi connectivity index (χ1n) is 5.17. The Balaban J connectivity index is 3.56. The molecule has 78 valence electrons. The lowest BCUT2D eigenvalue weighted by Crippen LogP contribution is -2.32. The van der Waals surface area contributed by atoms with Crippen LogP contribution in [0.4, 0.5) is 0 Å². The van der Waals surface area contributed by atoms with E-state index in [0.29, 0.717) is 0 Å². The quantitative estimate of drug-likeness (QED) is 0.488. The Bertz CT molecular complexity index is 155. The fraction of sp³-hybridized carbons (Fsp3) is 0.900. The first-order chi connectivity index (χ1) is 5.98. The molecule has 0 aliphatic rings. The Kier molecular flexibility index (Phi) is 6.04. The van der Waals surface area contributed by atoms with Gasteiger partial charge in [0.25, 0.3) is 5.97 Å². The van der Waals surface area contributed by atoms with Gasteiger partial charge in [0.05, 0.1) is 0 Å². The number of unbranched alkanes of at least 4 members (excludes halogenated alkanes) is 3. The van der Waals surface area contributed by atoms with Crippen LogP contribution in [0.1, 0.15) is 39.5 Å². The fourth-order valence-electron chi connectivity index (χ4n) is 1.42. The first-order valence-corrected chi connectivity index (χ1v) is 8.29. The van der Waals surface area contributed by atoms with Crippen LogP contribution in [0, 0.1) is 0 Å². The van der Waals surface area contributed by atoms with Crippen LogP contribution in [-0.4, -0.2) is 14.3 Å². The van der Waals surface area contributed by atoms with Gasteiger partial charge in [-0.25, -0.2) is 0 Å². The van der Waals surface area contributed by atoms with E-state index in [1.54, 1.807) is 0 Å². The normalized spacial score (nSPS) is 11.4. The van der Waals surface area contributed by atoms with Crippen LogP contribution in [0.2, 0.25) is 19.1 Å². The Morgan fingerprint density at radius 3 is 2.31 bits per heavy atom. The zero-order valence-electron chi connectivity index (χ0n) is 9.35. The minimum atomic E-state index is -1.67. The van der Waals surface area contributed by atoms with Crippen molar-refractivity contribution in [3.05, 3.63) is 0 Å². The van der Waals surface area contributed by atoms with Gasteiger partial charge in [-0.2, -0.15) is 0 Å². The molecule has 13 heavy (non-hydrogen) atoms. The average molecular weight is 202 g/mol. The van der Waals surface area contributed by atoms with Gasteiger partial charge in [-0.3, -0.25) is 4.79 Å². The summed E-state index contributed by atoms with van der Waals surface area (Å²) in [5, 5.41) is 0. The van der Waals surface area contributed by atoms with Crippen LogP contribution in [-0.2, 0) is 9.22 Å². The predicted molar refractivity (Wildman–Crippen MR) is 58.2 cm³/mol. The Labute approximate surface area is 82.8 Å². The van der Waals surface area contributed by atoms with E-state index in [1.165, 1.54) is 32.6 Å². The van der Waals surface area contributed by atoms with Gasteiger partial charge in [0.1, 0.15) is 0 Å². The summed E-state index contributed by atoms with van der Waals surface area (Å²) in [7, 11) is -1.67. The molecular weight excluding hydrogens is 180 g/mol. The van der Waals surface area contributed by atoms with Gasteiger partial charge in [-0.05, 0) is 19.1 Å². The molecule has 0 saturated carbocycles. The summed E-state index contributed by atoms with van der Waals surface area (Å²) in [6.45, 7) is 7.93. The van der Waals surface area contributed by atoms with Crippen LogP contribution in [0.5, 0.6) is 0 Å². The number of rotatable bonds is 6. The molecule has 0 aliphatic carbocycles. The molecule has 0 atom stereocenters. The van der Waals surface area contributed by atoms with Gasteiger partial charge in [-0.1, -0.05) is 32.6 Å². The molecule has 0 saturated heterocycles.